The van der Waals surface area contributed by atoms with Gasteiger partial charge >= 0.3 is 0 Å². The highest BCUT2D eigenvalue weighted by atomic mass is 28.4. The summed E-state index contributed by atoms with van der Waals surface area (Å²) in [4.78, 5) is 4.26. The van der Waals surface area contributed by atoms with Crippen molar-refractivity contribution in [2.45, 2.75) is 26.2 Å². The zero-order chi connectivity index (χ0) is 18.8. The van der Waals surface area contributed by atoms with E-state index >= 15 is 0 Å². The van der Waals surface area contributed by atoms with Gasteiger partial charge in [-0.05, 0) is 60.8 Å². The smallest absolute Gasteiger partial charge is 0.206 e. The molecule has 3 nitrogen and oxygen atoms in total. The van der Waals surface area contributed by atoms with Crippen molar-refractivity contribution in [1.82, 2.24) is 0 Å². The molecule has 0 aromatic heterocycles. The second kappa shape index (κ2) is 7.35. The number of nitrogens with zero attached hydrogens (tertiary/aromatic N) is 2. The van der Waals surface area contributed by atoms with Gasteiger partial charge in [-0.2, -0.15) is 0 Å². The molecule has 5 heteroatoms. The molecule has 0 saturated heterocycles. The Kier molecular flexibility index (Phi) is 5.81. The minimum Gasteiger partial charge on any atom is -0.449 e. The molecule has 0 atom stereocenters. The van der Waals surface area contributed by atoms with Gasteiger partial charge in [0.1, 0.15) is 0 Å². The summed E-state index contributed by atoms with van der Waals surface area (Å²) in [6.45, 7) is 9.22. The third kappa shape index (κ3) is 4.74. The predicted octanol–water partition coefficient (Wildman–Crippen LogP) is 3.36. The summed E-state index contributed by atoms with van der Waals surface area (Å²) in [5, 5.41) is 2.70. The van der Waals surface area contributed by atoms with Gasteiger partial charge in [-0.3, -0.25) is 0 Å². The van der Waals surface area contributed by atoms with Crippen molar-refractivity contribution in [1.29, 1.82) is 0 Å². The zero-order valence-electron chi connectivity index (χ0n) is 16.9. The first-order chi connectivity index (χ1) is 11.5. The van der Waals surface area contributed by atoms with E-state index in [9.17, 15) is 0 Å². The van der Waals surface area contributed by atoms with Crippen LogP contribution in [-0.2, 0) is 4.12 Å². The van der Waals surface area contributed by atoms with Crippen molar-refractivity contribution in [2.75, 3.05) is 38.0 Å². The van der Waals surface area contributed by atoms with E-state index in [-0.39, 0.29) is 0 Å². The molecule has 0 spiro atoms. The number of hydrogen-bond acceptors (Lipinski definition) is 3. The van der Waals surface area contributed by atoms with Crippen LogP contribution in [0.5, 0.6) is 0 Å². The van der Waals surface area contributed by atoms with Crippen LogP contribution in [0, 0.1) is 0 Å². The summed E-state index contributed by atoms with van der Waals surface area (Å²) in [6, 6.07) is 17.7. The summed E-state index contributed by atoms with van der Waals surface area (Å²) in [5.41, 5.74) is 2.45. The number of anilines is 2. The molecule has 2 aromatic rings. The molecule has 0 aliphatic carbocycles. The Bertz CT molecular complexity index is 631. The van der Waals surface area contributed by atoms with Gasteiger partial charge in [0.2, 0.25) is 16.6 Å². The van der Waals surface area contributed by atoms with Crippen LogP contribution in [0.15, 0.2) is 48.5 Å². The molecule has 0 N–H and O–H groups in total. The topological polar surface area (TPSA) is 15.7 Å². The SMILES string of the molecule is CN(C)c1ccc([Si](C)(C)O[Si](C)(C)c2ccc(N(C)C)cc2)cc1. The van der Waals surface area contributed by atoms with Crippen LogP contribution >= 0.6 is 0 Å². The van der Waals surface area contributed by atoms with Gasteiger partial charge in [0.25, 0.3) is 0 Å². The van der Waals surface area contributed by atoms with E-state index in [1.54, 1.807) is 0 Å². The molecular formula is C20H32N2OSi2. The minimum atomic E-state index is -1.96. The summed E-state index contributed by atoms with van der Waals surface area (Å²) >= 11 is 0. The van der Waals surface area contributed by atoms with Gasteiger partial charge in [0.05, 0.1) is 0 Å². The zero-order valence-corrected chi connectivity index (χ0v) is 18.9. The molecule has 0 fully saturated rings. The lowest BCUT2D eigenvalue weighted by Crippen LogP contribution is -2.57. The Hall–Kier alpha value is -1.57. The van der Waals surface area contributed by atoms with Crippen LogP contribution in [0.25, 0.3) is 0 Å². The average Bonchev–Trinajstić information content (AvgIpc) is 2.54. The number of benzene rings is 2. The fourth-order valence-corrected chi connectivity index (χ4v) is 11.1. The lowest BCUT2D eigenvalue weighted by Gasteiger charge is -2.35. The Morgan fingerprint density at radius 3 is 1.08 bits per heavy atom. The van der Waals surface area contributed by atoms with Crippen molar-refractivity contribution in [3.8, 4) is 0 Å². The molecule has 0 heterocycles. The van der Waals surface area contributed by atoms with Crippen molar-refractivity contribution >= 4 is 38.4 Å². The number of hydrogen-bond donors (Lipinski definition) is 0. The quantitative estimate of drug-likeness (QED) is 0.723. The highest BCUT2D eigenvalue weighted by Crippen LogP contribution is 2.18. The molecular weight excluding hydrogens is 340 g/mol. The molecule has 0 unspecified atom stereocenters. The van der Waals surface area contributed by atoms with Gasteiger partial charge in [-0.15, -0.1) is 0 Å². The minimum absolute atomic E-state index is 1.23. The molecule has 0 aliphatic rings. The van der Waals surface area contributed by atoms with Crippen molar-refractivity contribution in [2.24, 2.45) is 0 Å². The average molecular weight is 373 g/mol. The predicted molar refractivity (Wildman–Crippen MR) is 117 cm³/mol. The summed E-state index contributed by atoms with van der Waals surface area (Å²) < 4.78 is 6.85. The number of rotatable bonds is 6. The van der Waals surface area contributed by atoms with E-state index in [0.29, 0.717) is 0 Å². The van der Waals surface area contributed by atoms with Gasteiger partial charge in [-0.25, -0.2) is 0 Å². The summed E-state index contributed by atoms with van der Waals surface area (Å²) in [6.07, 6.45) is 0. The van der Waals surface area contributed by atoms with Gasteiger partial charge in [-0.1, -0.05) is 24.3 Å². The van der Waals surface area contributed by atoms with Crippen molar-refractivity contribution in [3.63, 3.8) is 0 Å². The van der Waals surface area contributed by atoms with E-state index in [0.717, 1.165) is 0 Å². The molecule has 0 saturated carbocycles. The van der Waals surface area contributed by atoms with Gasteiger partial charge < -0.3 is 13.9 Å². The van der Waals surface area contributed by atoms with E-state index in [1.165, 1.54) is 21.7 Å². The molecule has 0 amide bonds. The molecule has 0 aliphatic heterocycles. The first-order valence-corrected chi connectivity index (χ1v) is 14.6. The maximum Gasteiger partial charge on any atom is 0.206 e. The maximum atomic E-state index is 6.85. The summed E-state index contributed by atoms with van der Waals surface area (Å²) in [5.74, 6) is 0. The molecule has 136 valence electrons. The van der Waals surface area contributed by atoms with Crippen LogP contribution in [0.2, 0.25) is 26.2 Å². The first-order valence-electron chi connectivity index (χ1n) is 8.79. The second-order valence-electron chi connectivity index (χ2n) is 8.01. The molecule has 2 rings (SSSR count). The Morgan fingerprint density at radius 2 is 0.840 bits per heavy atom. The van der Waals surface area contributed by atoms with Crippen LogP contribution < -0.4 is 20.2 Å². The monoisotopic (exact) mass is 372 g/mol. The highest BCUT2D eigenvalue weighted by molar-refractivity contribution is 6.96. The summed E-state index contributed by atoms with van der Waals surface area (Å²) in [7, 11) is 4.37. The standard InChI is InChI=1S/C20H32N2OSi2/c1-21(2)17-9-13-19(14-10-17)24(5,6)23-25(7,8)20-15-11-18(12-16-20)22(3)4/h9-16H,1-8H3. The highest BCUT2D eigenvalue weighted by Gasteiger charge is 2.35. The normalized spacial score (nSPS) is 12.2. The Morgan fingerprint density at radius 1 is 0.560 bits per heavy atom. The second-order valence-corrected chi connectivity index (χ2v) is 16.0. The van der Waals surface area contributed by atoms with Gasteiger partial charge in [0, 0.05) is 39.6 Å². The molecule has 25 heavy (non-hydrogen) atoms. The van der Waals surface area contributed by atoms with Crippen molar-refractivity contribution < 1.29 is 4.12 Å². The maximum absolute atomic E-state index is 6.85. The molecule has 0 radical (unpaired) electrons. The lowest BCUT2D eigenvalue weighted by molar-refractivity contribution is 0.573. The fraction of sp³-hybridized carbons (Fsp3) is 0.400. The molecule has 0 bridgehead atoms. The Labute approximate surface area is 155 Å². The first kappa shape index (κ1) is 19.8. The largest absolute Gasteiger partial charge is 0.449 e. The van der Waals surface area contributed by atoms with E-state index < -0.39 is 16.6 Å². The van der Waals surface area contributed by atoms with Crippen LogP contribution in [-0.4, -0.2) is 44.8 Å². The van der Waals surface area contributed by atoms with E-state index in [1.807, 2.05) is 0 Å². The lowest BCUT2D eigenvalue weighted by atomic mass is 10.3. The third-order valence-electron chi connectivity index (χ3n) is 4.67. The van der Waals surface area contributed by atoms with Crippen LogP contribution in [0.4, 0.5) is 11.4 Å². The van der Waals surface area contributed by atoms with Crippen LogP contribution in [0.3, 0.4) is 0 Å². The fourth-order valence-electron chi connectivity index (χ4n) is 3.08. The third-order valence-corrected chi connectivity index (χ3v) is 12.2. The van der Waals surface area contributed by atoms with Crippen LogP contribution in [0.1, 0.15) is 0 Å². The Balaban J connectivity index is 2.22. The van der Waals surface area contributed by atoms with E-state index in [2.05, 4.69) is 113 Å². The van der Waals surface area contributed by atoms with Gasteiger partial charge in [0.15, 0.2) is 0 Å². The molecule has 2 aromatic carbocycles. The van der Waals surface area contributed by atoms with E-state index in [4.69, 9.17) is 4.12 Å². The van der Waals surface area contributed by atoms with Crippen molar-refractivity contribution in [3.05, 3.63) is 48.5 Å².